The molecule has 2 aromatic heterocycles. The third-order valence-electron chi connectivity index (χ3n) is 3.52. The molecule has 0 amide bonds. The first kappa shape index (κ1) is 14.8. The standard InChI is InChI=1S/C16H20N2OS2/c1-11-18-15-14(21-11)10-13(12-6-9-20-16(12)15)19-8-5-3-2-4-7-17/h6,9-10H,2-5,7-8,17H2,1H3. The molecular formula is C16H20N2OS2. The third kappa shape index (κ3) is 3.20. The smallest absolute Gasteiger partial charge is 0.129 e. The predicted molar refractivity (Wildman–Crippen MR) is 92.8 cm³/mol. The third-order valence-corrected chi connectivity index (χ3v) is 5.36. The van der Waals surface area contributed by atoms with Crippen LogP contribution in [0.5, 0.6) is 5.75 Å². The number of nitrogens with two attached hydrogens (primary N) is 1. The van der Waals surface area contributed by atoms with Gasteiger partial charge in [0.05, 0.1) is 26.5 Å². The van der Waals surface area contributed by atoms with Gasteiger partial charge in [0.25, 0.3) is 0 Å². The molecule has 0 aliphatic carbocycles. The van der Waals surface area contributed by atoms with Gasteiger partial charge >= 0.3 is 0 Å². The molecule has 0 aliphatic rings. The molecule has 3 aromatic rings. The van der Waals surface area contributed by atoms with Crippen molar-refractivity contribution >= 4 is 43.0 Å². The first-order valence-electron chi connectivity index (χ1n) is 7.40. The maximum atomic E-state index is 6.03. The van der Waals surface area contributed by atoms with E-state index < -0.39 is 0 Å². The van der Waals surface area contributed by atoms with Gasteiger partial charge in [0, 0.05) is 11.5 Å². The van der Waals surface area contributed by atoms with Crippen molar-refractivity contribution in [1.29, 1.82) is 0 Å². The van der Waals surface area contributed by atoms with Gasteiger partial charge in [-0.05, 0) is 37.8 Å². The molecule has 2 N–H and O–H groups in total. The lowest BCUT2D eigenvalue weighted by atomic mass is 10.2. The van der Waals surface area contributed by atoms with Gasteiger partial charge in [-0.2, -0.15) is 0 Å². The Morgan fingerprint density at radius 1 is 1.24 bits per heavy atom. The lowest BCUT2D eigenvalue weighted by Crippen LogP contribution is -2.00. The molecular weight excluding hydrogens is 300 g/mol. The van der Waals surface area contributed by atoms with Crippen molar-refractivity contribution in [3.63, 3.8) is 0 Å². The lowest BCUT2D eigenvalue weighted by Gasteiger charge is -2.08. The van der Waals surface area contributed by atoms with Crippen molar-refractivity contribution < 1.29 is 4.74 Å². The summed E-state index contributed by atoms with van der Waals surface area (Å²) in [5.41, 5.74) is 6.63. The van der Waals surface area contributed by atoms with Gasteiger partial charge in [0.1, 0.15) is 5.75 Å². The molecule has 0 saturated heterocycles. The number of thiazole rings is 1. The van der Waals surface area contributed by atoms with E-state index in [-0.39, 0.29) is 0 Å². The minimum absolute atomic E-state index is 0.777. The van der Waals surface area contributed by atoms with Crippen LogP contribution in [0.2, 0.25) is 0 Å². The lowest BCUT2D eigenvalue weighted by molar-refractivity contribution is 0.308. The topological polar surface area (TPSA) is 48.1 Å². The molecule has 21 heavy (non-hydrogen) atoms. The molecule has 3 rings (SSSR count). The molecule has 3 nitrogen and oxygen atoms in total. The van der Waals surface area contributed by atoms with E-state index in [0.717, 1.165) is 42.3 Å². The predicted octanol–water partition coefficient (Wildman–Crippen LogP) is 4.72. The second-order valence-corrected chi connectivity index (χ2v) is 7.32. The van der Waals surface area contributed by atoms with Gasteiger partial charge in [-0.15, -0.1) is 22.7 Å². The monoisotopic (exact) mass is 320 g/mol. The van der Waals surface area contributed by atoms with E-state index in [4.69, 9.17) is 10.5 Å². The number of rotatable bonds is 7. The minimum atomic E-state index is 0.777. The zero-order valence-electron chi connectivity index (χ0n) is 12.2. The number of ether oxygens (including phenoxy) is 1. The fraction of sp³-hybridized carbons (Fsp3) is 0.438. The number of aromatic nitrogens is 1. The minimum Gasteiger partial charge on any atom is -0.493 e. The molecule has 0 aliphatic heterocycles. The van der Waals surface area contributed by atoms with Crippen LogP contribution in [0.15, 0.2) is 17.5 Å². The van der Waals surface area contributed by atoms with Crippen LogP contribution in [-0.4, -0.2) is 18.1 Å². The largest absolute Gasteiger partial charge is 0.493 e. The van der Waals surface area contributed by atoms with E-state index in [1.165, 1.54) is 27.6 Å². The zero-order chi connectivity index (χ0) is 14.7. The summed E-state index contributed by atoms with van der Waals surface area (Å²) in [6.45, 7) is 3.62. The second kappa shape index (κ2) is 6.73. The Kier molecular flexibility index (Phi) is 4.73. The summed E-state index contributed by atoms with van der Waals surface area (Å²) in [6.07, 6.45) is 4.58. The molecule has 0 radical (unpaired) electrons. The highest BCUT2D eigenvalue weighted by molar-refractivity contribution is 7.21. The van der Waals surface area contributed by atoms with Crippen LogP contribution < -0.4 is 10.5 Å². The molecule has 2 heterocycles. The summed E-state index contributed by atoms with van der Waals surface area (Å²) >= 11 is 3.48. The van der Waals surface area contributed by atoms with Crippen LogP contribution in [0.4, 0.5) is 0 Å². The number of fused-ring (bicyclic) bond motifs is 3. The van der Waals surface area contributed by atoms with Gasteiger partial charge < -0.3 is 10.5 Å². The van der Waals surface area contributed by atoms with Crippen LogP contribution in [0.1, 0.15) is 30.7 Å². The summed E-state index contributed by atoms with van der Waals surface area (Å²) in [7, 11) is 0. The van der Waals surface area contributed by atoms with E-state index in [1.54, 1.807) is 22.7 Å². The van der Waals surface area contributed by atoms with Crippen molar-refractivity contribution in [3.8, 4) is 5.75 Å². The van der Waals surface area contributed by atoms with Crippen LogP contribution in [0, 0.1) is 6.92 Å². The van der Waals surface area contributed by atoms with E-state index in [0.29, 0.717) is 0 Å². The van der Waals surface area contributed by atoms with Crippen LogP contribution in [0.3, 0.4) is 0 Å². The fourth-order valence-electron chi connectivity index (χ4n) is 2.49. The van der Waals surface area contributed by atoms with Crippen molar-refractivity contribution in [2.45, 2.75) is 32.6 Å². The van der Waals surface area contributed by atoms with Gasteiger partial charge in [0.2, 0.25) is 0 Å². The molecule has 1 aromatic carbocycles. The summed E-state index contributed by atoms with van der Waals surface area (Å²) in [5, 5.41) is 4.42. The Morgan fingerprint density at radius 2 is 2.10 bits per heavy atom. The van der Waals surface area contributed by atoms with Gasteiger partial charge in [-0.25, -0.2) is 4.98 Å². The van der Waals surface area contributed by atoms with Crippen LogP contribution >= 0.6 is 22.7 Å². The van der Waals surface area contributed by atoms with Crippen LogP contribution in [0.25, 0.3) is 20.3 Å². The number of hydrogen-bond donors (Lipinski definition) is 1. The van der Waals surface area contributed by atoms with Crippen molar-refractivity contribution in [2.75, 3.05) is 13.2 Å². The maximum absolute atomic E-state index is 6.03. The summed E-state index contributed by atoms with van der Waals surface area (Å²) in [4.78, 5) is 4.65. The molecule has 0 fully saturated rings. The highest BCUT2D eigenvalue weighted by Crippen LogP contribution is 2.38. The second-order valence-electron chi connectivity index (χ2n) is 5.17. The van der Waals surface area contributed by atoms with E-state index in [1.807, 2.05) is 0 Å². The quantitative estimate of drug-likeness (QED) is 0.641. The zero-order valence-corrected chi connectivity index (χ0v) is 13.9. The maximum Gasteiger partial charge on any atom is 0.129 e. The highest BCUT2D eigenvalue weighted by Gasteiger charge is 2.12. The van der Waals surface area contributed by atoms with Crippen molar-refractivity contribution in [1.82, 2.24) is 4.98 Å². The van der Waals surface area contributed by atoms with E-state index in [2.05, 4.69) is 29.4 Å². The summed E-state index contributed by atoms with van der Waals surface area (Å²) in [6, 6.07) is 4.28. The van der Waals surface area contributed by atoms with E-state index in [9.17, 15) is 0 Å². The fourth-order valence-corrected chi connectivity index (χ4v) is 4.32. The Hall–Kier alpha value is -1.17. The average molecular weight is 320 g/mol. The van der Waals surface area contributed by atoms with Gasteiger partial charge in [-0.1, -0.05) is 12.8 Å². The Labute approximate surface area is 132 Å². The highest BCUT2D eigenvalue weighted by atomic mass is 32.1. The molecule has 0 atom stereocenters. The van der Waals surface area contributed by atoms with Crippen molar-refractivity contribution in [3.05, 3.63) is 22.5 Å². The molecule has 112 valence electrons. The molecule has 0 unspecified atom stereocenters. The average Bonchev–Trinajstić information content (AvgIpc) is 3.07. The summed E-state index contributed by atoms with van der Waals surface area (Å²) < 4.78 is 8.50. The SMILES string of the molecule is Cc1nc2c(cc(OCCCCCCN)c3ccsc32)s1. The number of benzene rings is 1. The molecule has 5 heteroatoms. The number of thiophene rings is 1. The number of hydrogen-bond acceptors (Lipinski definition) is 5. The Balaban J connectivity index is 1.76. The van der Waals surface area contributed by atoms with Crippen LogP contribution in [-0.2, 0) is 0 Å². The Bertz CT molecular complexity index is 732. The first-order valence-corrected chi connectivity index (χ1v) is 9.09. The van der Waals surface area contributed by atoms with Crippen molar-refractivity contribution in [2.24, 2.45) is 5.73 Å². The Morgan fingerprint density at radius 3 is 2.95 bits per heavy atom. The van der Waals surface area contributed by atoms with Gasteiger partial charge in [0.15, 0.2) is 0 Å². The molecule has 0 saturated carbocycles. The van der Waals surface area contributed by atoms with Gasteiger partial charge in [-0.3, -0.25) is 0 Å². The number of unbranched alkanes of at least 4 members (excludes halogenated alkanes) is 3. The number of aryl methyl sites for hydroxylation is 1. The molecule has 0 spiro atoms. The molecule has 0 bridgehead atoms. The first-order chi connectivity index (χ1) is 10.3. The van der Waals surface area contributed by atoms with E-state index >= 15 is 0 Å². The number of nitrogens with zero attached hydrogens (tertiary/aromatic N) is 1. The summed E-state index contributed by atoms with van der Waals surface area (Å²) in [5.74, 6) is 1.00. The normalized spacial score (nSPS) is 11.5.